The third kappa shape index (κ3) is 5.06. The Labute approximate surface area is 143 Å². The van der Waals surface area contributed by atoms with Gasteiger partial charge in [0.05, 0.1) is 18.0 Å². The fourth-order valence-electron chi connectivity index (χ4n) is 2.34. The molecule has 0 saturated heterocycles. The van der Waals surface area contributed by atoms with E-state index >= 15 is 0 Å². The molecule has 128 valence electrons. The lowest BCUT2D eigenvalue weighted by molar-refractivity contribution is 0.118. The van der Waals surface area contributed by atoms with E-state index in [4.69, 9.17) is 16.2 Å². The van der Waals surface area contributed by atoms with Crippen molar-refractivity contribution in [2.45, 2.75) is 39.7 Å². The number of anilines is 2. The molecule has 0 aliphatic rings. The van der Waals surface area contributed by atoms with E-state index in [2.05, 4.69) is 24.1 Å². The molecule has 0 unspecified atom stereocenters. The summed E-state index contributed by atoms with van der Waals surface area (Å²) in [5.74, 6) is 0. The molecular weight excluding hydrogens is 300 g/mol. The van der Waals surface area contributed by atoms with Crippen LogP contribution in [0.1, 0.15) is 37.8 Å². The number of hydrogen-bond acceptors (Lipinski definition) is 5. The number of azo groups is 1. The minimum atomic E-state index is 0.488. The van der Waals surface area contributed by atoms with Crippen LogP contribution in [0.15, 0.2) is 46.6 Å². The molecule has 0 heterocycles. The topological polar surface area (TPSA) is 86.0 Å². The quantitative estimate of drug-likeness (QED) is 0.400. The Morgan fingerprint density at radius 3 is 2.04 bits per heavy atom. The zero-order chi connectivity index (χ0) is 17.4. The van der Waals surface area contributed by atoms with Gasteiger partial charge in [-0.3, -0.25) is 0 Å². The minimum absolute atomic E-state index is 0.488. The van der Waals surface area contributed by atoms with Crippen LogP contribution in [-0.4, -0.2) is 6.61 Å². The maximum atomic E-state index is 5.89. The van der Waals surface area contributed by atoms with Gasteiger partial charge >= 0.3 is 0 Å². The van der Waals surface area contributed by atoms with Gasteiger partial charge in [-0.2, -0.15) is 10.2 Å². The van der Waals surface area contributed by atoms with Crippen LogP contribution in [0.25, 0.3) is 0 Å². The van der Waals surface area contributed by atoms with E-state index in [1.807, 2.05) is 36.4 Å². The van der Waals surface area contributed by atoms with E-state index in [1.54, 1.807) is 0 Å². The van der Waals surface area contributed by atoms with Crippen molar-refractivity contribution in [1.29, 1.82) is 0 Å². The summed E-state index contributed by atoms with van der Waals surface area (Å²) in [4.78, 5) is 0. The number of nitrogen functional groups attached to an aromatic ring is 2. The molecule has 0 aliphatic carbocycles. The van der Waals surface area contributed by atoms with Gasteiger partial charge < -0.3 is 16.2 Å². The molecule has 0 atom stereocenters. The average Bonchev–Trinajstić information content (AvgIpc) is 2.58. The highest BCUT2D eigenvalue weighted by Gasteiger charge is 2.05. The lowest BCUT2D eigenvalue weighted by atomic mass is 10.1. The lowest BCUT2D eigenvalue weighted by Gasteiger charge is -2.08. The van der Waals surface area contributed by atoms with Crippen molar-refractivity contribution in [2.75, 3.05) is 18.1 Å². The molecule has 5 nitrogen and oxygen atoms in total. The highest BCUT2D eigenvalue weighted by Crippen LogP contribution is 2.28. The molecule has 0 saturated carbocycles. The number of rotatable bonds is 8. The zero-order valence-electron chi connectivity index (χ0n) is 14.5. The molecule has 0 spiro atoms. The van der Waals surface area contributed by atoms with Gasteiger partial charge in [-0.25, -0.2) is 0 Å². The maximum absolute atomic E-state index is 5.89. The smallest absolute Gasteiger partial charge is 0.0913 e. The summed E-state index contributed by atoms with van der Waals surface area (Å²) in [6.45, 7) is 5.44. The normalized spacial score (nSPS) is 11.2. The van der Waals surface area contributed by atoms with Crippen LogP contribution >= 0.6 is 0 Å². The molecule has 2 aromatic rings. The fraction of sp³-hybridized carbons (Fsp3) is 0.368. The van der Waals surface area contributed by atoms with Crippen LogP contribution in [0.5, 0.6) is 0 Å². The number of unbranched alkanes of at least 4 members (excludes halogenated alkanes) is 1. The van der Waals surface area contributed by atoms with Gasteiger partial charge in [0.2, 0.25) is 0 Å². The summed E-state index contributed by atoms with van der Waals surface area (Å²) in [5, 5.41) is 8.80. The van der Waals surface area contributed by atoms with Crippen molar-refractivity contribution in [2.24, 2.45) is 10.2 Å². The van der Waals surface area contributed by atoms with E-state index in [-0.39, 0.29) is 0 Å². The first kappa shape index (κ1) is 17.9. The molecule has 2 rings (SSSR count). The van der Waals surface area contributed by atoms with Crippen molar-refractivity contribution < 1.29 is 4.74 Å². The molecule has 24 heavy (non-hydrogen) atoms. The Hall–Kier alpha value is -2.40. The van der Waals surface area contributed by atoms with E-state index in [0.717, 1.165) is 54.1 Å². The minimum Gasteiger partial charge on any atom is -0.399 e. The van der Waals surface area contributed by atoms with Crippen molar-refractivity contribution in [3.63, 3.8) is 0 Å². The zero-order valence-corrected chi connectivity index (χ0v) is 14.5. The molecule has 0 amide bonds. The van der Waals surface area contributed by atoms with E-state index in [0.29, 0.717) is 12.3 Å². The first-order chi connectivity index (χ1) is 11.6. The second kappa shape index (κ2) is 9.03. The van der Waals surface area contributed by atoms with Crippen LogP contribution in [0.2, 0.25) is 0 Å². The van der Waals surface area contributed by atoms with Crippen LogP contribution < -0.4 is 11.5 Å². The second-order valence-corrected chi connectivity index (χ2v) is 5.74. The number of ether oxygens (including phenoxy) is 1. The van der Waals surface area contributed by atoms with Crippen molar-refractivity contribution in [3.8, 4) is 0 Å². The Morgan fingerprint density at radius 2 is 1.46 bits per heavy atom. The summed E-state index contributed by atoms with van der Waals surface area (Å²) in [7, 11) is 0. The van der Waals surface area contributed by atoms with Gasteiger partial charge in [-0.1, -0.05) is 20.3 Å². The molecular formula is C19H26N4O. The number of nitrogens with zero attached hydrogens (tertiary/aromatic N) is 2. The van der Waals surface area contributed by atoms with E-state index in [1.165, 1.54) is 0 Å². The number of hydrogen-bond donors (Lipinski definition) is 2. The maximum Gasteiger partial charge on any atom is 0.0913 e. The van der Waals surface area contributed by atoms with Crippen molar-refractivity contribution in [3.05, 3.63) is 47.5 Å². The Balaban J connectivity index is 2.19. The second-order valence-electron chi connectivity index (χ2n) is 5.74. The first-order valence-electron chi connectivity index (χ1n) is 8.40. The summed E-state index contributed by atoms with van der Waals surface area (Å²) in [6, 6.07) is 11.3. The number of nitrogens with two attached hydrogens (primary N) is 2. The molecule has 0 fully saturated rings. The third-order valence-corrected chi connectivity index (χ3v) is 3.75. The fourth-order valence-corrected chi connectivity index (χ4v) is 2.34. The Morgan fingerprint density at radius 1 is 0.875 bits per heavy atom. The lowest BCUT2D eigenvalue weighted by Crippen LogP contribution is -1.96. The Bertz CT molecular complexity index is 698. The van der Waals surface area contributed by atoms with Crippen LogP contribution in [0.4, 0.5) is 22.7 Å². The molecule has 2 aromatic carbocycles. The molecule has 5 heteroatoms. The predicted octanol–water partition coefficient (Wildman–Crippen LogP) is 5.15. The highest BCUT2D eigenvalue weighted by atomic mass is 16.5. The van der Waals surface area contributed by atoms with Crippen molar-refractivity contribution >= 4 is 22.7 Å². The van der Waals surface area contributed by atoms with Crippen LogP contribution in [0, 0.1) is 0 Å². The number of aryl methyl sites for hydroxylation is 1. The van der Waals surface area contributed by atoms with Crippen molar-refractivity contribution in [1.82, 2.24) is 0 Å². The Kier molecular flexibility index (Phi) is 6.75. The van der Waals surface area contributed by atoms with E-state index in [9.17, 15) is 0 Å². The first-order valence-corrected chi connectivity index (χ1v) is 8.40. The SMILES string of the molecule is CCCCOCc1cc(N)ccc1N=Nc1ccc(N)cc1CC. The van der Waals surface area contributed by atoms with Crippen LogP contribution in [0.3, 0.4) is 0 Å². The van der Waals surface area contributed by atoms with Crippen LogP contribution in [-0.2, 0) is 17.8 Å². The van der Waals surface area contributed by atoms with E-state index < -0.39 is 0 Å². The summed E-state index contributed by atoms with van der Waals surface area (Å²) in [5.41, 5.74) is 16.8. The summed E-state index contributed by atoms with van der Waals surface area (Å²) >= 11 is 0. The molecule has 0 bridgehead atoms. The molecule has 0 aromatic heterocycles. The largest absolute Gasteiger partial charge is 0.399 e. The van der Waals surface area contributed by atoms with Gasteiger partial charge in [0, 0.05) is 23.5 Å². The molecule has 0 aliphatic heterocycles. The van der Waals surface area contributed by atoms with Gasteiger partial charge in [-0.15, -0.1) is 0 Å². The molecule has 0 radical (unpaired) electrons. The average molecular weight is 326 g/mol. The summed E-state index contributed by atoms with van der Waals surface area (Å²) < 4.78 is 5.69. The monoisotopic (exact) mass is 326 g/mol. The number of benzene rings is 2. The van der Waals surface area contributed by atoms with Gasteiger partial charge in [0.25, 0.3) is 0 Å². The van der Waals surface area contributed by atoms with Gasteiger partial charge in [0.1, 0.15) is 0 Å². The highest BCUT2D eigenvalue weighted by molar-refractivity contribution is 5.57. The molecule has 4 N–H and O–H groups in total. The van der Waals surface area contributed by atoms with Gasteiger partial charge in [0.15, 0.2) is 0 Å². The summed E-state index contributed by atoms with van der Waals surface area (Å²) in [6.07, 6.45) is 3.01. The van der Waals surface area contributed by atoms with Gasteiger partial charge in [-0.05, 0) is 54.8 Å². The standard InChI is InChI=1S/C19H26N4O/c1-3-5-10-24-13-15-12-17(21)7-9-19(15)23-22-18-8-6-16(20)11-14(18)4-2/h6-9,11-12H,3-5,10,13,20-21H2,1-2H3. The third-order valence-electron chi connectivity index (χ3n) is 3.75. The predicted molar refractivity (Wildman–Crippen MR) is 99.8 cm³/mol.